The van der Waals surface area contributed by atoms with Gasteiger partial charge in [0.05, 0.1) is 6.10 Å². The molecule has 5 nitrogen and oxygen atoms in total. The van der Waals surface area contributed by atoms with Crippen molar-refractivity contribution >= 4 is 11.9 Å². The molecule has 2 unspecified atom stereocenters. The summed E-state index contributed by atoms with van der Waals surface area (Å²) in [5.74, 6) is 2.68. The third-order valence-electron chi connectivity index (χ3n) is 2.45. The van der Waals surface area contributed by atoms with Crippen LogP contribution in [0.25, 0.3) is 0 Å². The highest BCUT2D eigenvalue weighted by Gasteiger charge is 2.43. The minimum absolute atomic E-state index is 0.182. The molecule has 2 atom stereocenters. The topological polar surface area (TPSA) is 83.8 Å². The SMILES string of the molecule is CCC(C)OC(=O)C(C)(CC#CCO)C(=O)O. The van der Waals surface area contributed by atoms with Crippen molar-refractivity contribution in [3.05, 3.63) is 0 Å². The van der Waals surface area contributed by atoms with Crippen molar-refractivity contribution < 1.29 is 24.5 Å². The molecule has 0 aromatic rings. The molecule has 0 amide bonds. The molecule has 0 rings (SSSR count). The van der Waals surface area contributed by atoms with Crippen LogP contribution in [0.5, 0.6) is 0 Å². The van der Waals surface area contributed by atoms with Crippen LogP contribution in [-0.2, 0) is 14.3 Å². The second-order valence-corrected chi connectivity index (χ2v) is 3.95. The van der Waals surface area contributed by atoms with Gasteiger partial charge in [-0.05, 0) is 20.3 Å². The van der Waals surface area contributed by atoms with Gasteiger partial charge in [0.1, 0.15) is 6.61 Å². The van der Waals surface area contributed by atoms with Gasteiger partial charge < -0.3 is 14.9 Å². The molecule has 0 saturated carbocycles. The normalized spacial score (nSPS) is 15.1. The Labute approximate surface area is 101 Å². The largest absolute Gasteiger partial charge is 0.480 e. The first-order chi connectivity index (χ1) is 7.88. The average molecular weight is 242 g/mol. The number of ether oxygens (including phenoxy) is 1. The van der Waals surface area contributed by atoms with Crippen molar-refractivity contribution in [1.29, 1.82) is 0 Å². The summed E-state index contributed by atoms with van der Waals surface area (Å²) in [6, 6.07) is 0. The van der Waals surface area contributed by atoms with Gasteiger partial charge in [-0.1, -0.05) is 18.8 Å². The van der Waals surface area contributed by atoms with E-state index in [4.69, 9.17) is 14.9 Å². The summed E-state index contributed by atoms with van der Waals surface area (Å²) in [5.41, 5.74) is -1.69. The van der Waals surface area contributed by atoms with Gasteiger partial charge in [-0.2, -0.15) is 0 Å². The quantitative estimate of drug-likeness (QED) is 0.423. The molecule has 2 N–H and O–H groups in total. The van der Waals surface area contributed by atoms with Gasteiger partial charge in [0.2, 0.25) is 0 Å². The number of rotatable bonds is 5. The highest BCUT2D eigenvalue weighted by molar-refractivity contribution is 5.99. The lowest BCUT2D eigenvalue weighted by molar-refractivity contribution is -0.170. The highest BCUT2D eigenvalue weighted by atomic mass is 16.5. The molecule has 17 heavy (non-hydrogen) atoms. The smallest absolute Gasteiger partial charge is 0.324 e. The first-order valence-electron chi connectivity index (χ1n) is 5.39. The first kappa shape index (κ1) is 15.5. The number of carbonyl (C=O) groups is 2. The van der Waals surface area contributed by atoms with Crippen LogP contribution in [0.2, 0.25) is 0 Å². The van der Waals surface area contributed by atoms with Crippen LogP contribution in [0, 0.1) is 17.3 Å². The number of hydrogen-bond donors (Lipinski definition) is 2. The molecule has 0 bridgehead atoms. The Morgan fingerprint density at radius 3 is 2.41 bits per heavy atom. The fourth-order valence-electron chi connectivity index (χ4n) is 0.926. The number of hydrogen-bond acceptors (Lipinski definition) is 4. The van der Waals surface area contributed by atoms with Crippen molar-refractivity contribution in [1.82, 2.24) is 0 Å². The lowest BCUT2D eigenvalue weighted by Gasteiger charge is -2.22. The number of carbonyl (C=O) groups excluding carboxylic acids is 1. The molecule has 96 valence electrons. The summed E-state index contributed by atoms with van der Waals surface area (Å²) in [5, 5.41) is 17.5. The van der Waals surface area contributed by atoms with Crippen molar-refractivity contribution in [2.75, 3.05) is 6.61 Å². The standard InChI is InChI=1S/C12H18O5/c1-4-9(2)17-11(16)12(3,10(14)15)7-5-6-8-13/h9,13H,4,7-8H2,1-3H3,(H,14,15). The van der Waals surface area contributed by atoms with Crippen LogP contribution in [0.4, 0.5) is 0 Å². The second kappa shape index (κ2) is 6.92. The molecule has 0 aliphatic heterocycles. The molecule has 0 heterocycles. The van der Waals surface area contributed by atoms with Gasteiger partial charge in [0.15, 0.2) is 5.41 Å². The maximum Gasteiger partial charge on any atom is 0.324 e. The molecule has 0 aromatic heterocycles. The minimum atomic E-state index is -1.69. The third-order valence-corrected chi connectivity index (χ3v) is 2.45. The lowest BCUT2D eigenvalue weighted by atomic mass is 9.87. The zero-order valence-corrected chi connectivity index (χ0v) is 10.3. The van der Waals surface area contributed by atoms with E-state index in [1.165, 1.54) is 6.92 Å². The molecule has 5 heteroatoms. The van der Waals surface area contributed by atoms with Crippen LogP contribution in [0.15, 0.2) is 0 Å². The Balaban J connectivity index is 4.82. The average Bonchev–Trinajstić information content (AvgIpc) is 2.28. The molecule has 0 aliphatic carbocycles. The van der Waals surface area contributed by atoms with E-state index in [9.17, 15) is 9.59 Å². The Hall–Kier alpha value is -1.54. The summed E-state index contributed by atoms with van der Waals surface area (Å²) in [6.45, 7) is 4.43. The predicted octanol–water partition coefficient (Wildman–Crippen LogP) is 0.805. The van der Waals surface area contributed by atoms with E-state index in [1.807, 2.05) is 6.92 Å². The summed E-state index contributed by atoms with van der Waals surface area (Å²) >= 11 is 0. The maximum absolute atomic E-state index is 11.7. The number of aliphatic hydroxyl groups is 1. The fourth-order valence-corrected chi connectivity index (χ4v) is 0.926. The van der Waals surface area contributed by atoms with E-state index in [2.05, 4.69) is 11.8 Å². The Kier molecular flexibility index (Phi) is 6.29. The van der Waals surface area contributed by atoms with E-state index in [0.717, 1.165) is 0 Å². The second-order valence-electron chi connectivity index (χ2n) is 3.95. The van der Waals surface area contributed by atoms with Crippen molar-refractivity contribution in [3.63, 3.8) is 0 Å². The van der Waals surface area contributed by atoms with E-state index in [0.29, 0.717) is 6.42 Å². The van der Waals surface area contributed by atoms with E-state index >= 15 is 0 Å². The van der Waals surface area contributed by atoms with Gasteiger partial charge in [-0.3, -0.25) is 9.59 Å². The summed E-state index contributed by atoms with van der Waals surface area (Å²) in [4.78, 5) is 22.8. The molecule has 0 fully saturated rings. The minimum Gasteiger partial charge on any atom is -0.480 e. The number of aliphatic hydroxyl groups excluding tert-OH is 1. The number of carboxylic acid groups (broad SMARTS) is 1. The van der Waals surface area contributed by atoms with Crippen LogP contribution in [0.3, 0.4) is 0 Å². The first-order valence-corrected chi connectivity index (χ1v) is 5.39. The van der Waals surface area contributed by atoms with Gasteiger partial charge in [0, 0.05) is 6.42 Å². The van der Waals surface area contributed by atoms with Gasteiger partial charge in [0.25, 0.3) is 0 Å². The summed E-state index contributed by atoms with van der Waals surface area (Å²) in [6.07, 6.45) is 0.106. The molecule has 0 aliphatic rings. The number of aliphatic carboxylic acids is 1. The molecule has 0 spiro atoms. The van der Waals surface area contributed by atoms with Gasteiger partial charge in [-0.15, -0.1) is 0 Å². The molecule has 0 radical (unpaired) electrons. The molecular weight excluding hydrogens is 224 g/mol. The van der Waals surface area contributed by atoms with Gasteiger partial charge >= 0.3 is 11.9 Å². The van der Waals surface area contributed by atoms with Gasteiger partial charge in [-0.25, -0.2) is 0 Å². The van der Waals surface area contributed by atoms with E-state index < -0.39 is 17.4 Å². The Bertz CT molecular complexity index is 339. The zero-order valence-electron chi connectivity index (χ0n) is 10.3. The Morgan fingerprint density at radius 2 is 2.00 bits per heavy atom. The number of esters is 1. The van der Waals surface area contributed by atoms with E-state index in [1.54, 1.807) is 6.92 Å². The van der Waals surface area contributed by atoms with Crippen LogP contribution < -0.4 is 0 Å². The van der Waals surface area contributed by atoms with E-state index in [-0.39, 0.29) is 19.1 Å². The van der Waals surface area contributed by atoms with Crippen molar-refractivity contribution in [2.45, 2.75) is 39.7 Å². The predicted molar refractivity (Wildman–Crippen MR) is 61.1 cm³/mol. The van der Waals surface area contributed by atoms with Crippen molar-refractivity contribution in [3.8, 4) is 11.8 Å². The van der Waals surface area contributed by atoms with Crippen LogP contribution in [-0.4, -0.2) is 34.9 Å². The Morgan fingerprint density at radius 1 is 1.41 bits per heavy atom. The summed E-state index contributed by atoms with van der Waals surface area (Å²) in [7, 11) is 0. The summed E-state index contributed by atoms with van der Waals surface area (Å²) < 4.78 is 5.01. The monoisotopic (exact) mass is 242 g/mol. The zero-order chi connectivity index (χ0) is 13.5. The third kappa shape index (κ3) is 4.45. The lowest BCUT2D eigenvalue weighted by Crippen LogP contribution is -2.39. The number of carboxylic acids is 1. The molecule has 0 saturated heterocycles. The van der Waals surface area contributed by atoms with Crippen LogP contribution in [0.1, 0.15) is 33.6 Å². The van der Waals surface area contributed by atoms with Crippen LogP contribution >= 0.6 is 0 Å². The maximum atomic E-state index is 11.7. The molecule has 0 aromatic carbocycles. The molecular formula is C12H18O5. The fraction of sp³-hybridized carbons (Fsp3) is 0.667. The highest BCUT2D eigenvalue weighted by Crippen LogP contribution is 2.24. The van der Waals surface area contributed by atoms with Crippen molar-refractivity contribution in [2.24, 2.45) is 5.41 Å².